The van der Waals surface area contributed by atoms with Gasteiger partial charge >= 0.3 is 0 Å². The van der Waals surface area contributed by atoms with Crippen molar-refractivity contribution >= 4 is 0 Å². The second kappa shape index (κ2) is 5.05. The lowest BCUT2D eigenvalue weighted by Gasteiger charge is -2.30. The molecule has 4 unspecified atom stereocenters. The molecule has 0 aliphatic heterocycles. The second-order valence-electron chi connectivity index (χ2n) is 5.82. The Morgan fingerprint density at radius 1 is 0.938 bits per heavy atom. The van der Waals surface area contributed by atoms with Crippen molar-refractivity contribution in [2.75, 3.05) is 0 Å². The number of aliphatic hydroxyl groups is 2. The van der Waals surface area contributed by atoms with Crippen LogP contribution in [0.3, 0.4) is 0 Å². The van der Waals surface area contributed by atoms with Crippen LogP contribution >= 0.6 is 0 Å². The molecule has 2 fully saturated rings. The molecule has 16 heavy (non-hydrogen) atoms. The highest BCUT2D eigenvalue weighted by molar-refractivity contribution is 4.97. The fourth-order valence-electron chi connectivity index (χ4n) is 4.05. The Hall–Kier alpha value is -0.0800. The van der Waals surface area contributed by atoms with E-state index in [2.05, 4.69) is 13.8 Å². The first kappa shape index (κ1) is 12.4. The average molecular weight is 226 g/mol. The smallest absolute Gasteiger partial charge is 0.0623 e. The van der Waals surface area contributed by atoms with Gasteiger partial charge in [-0.15, -0.1) is 0 Å². The summed E-state index contributed by atoms with van der Waals surface area (Å²) in [4.78, 5) is 0. The Balaban J connectivity index is 2.14. The summed E-state index contributed by atoms with van der Waals surface area (Å²) < 4.78 is 0. The summed E-state index contributed by atoms with van der Waals surface area (Å²) in [5.41, 5.74) is 0. The molecule has 2 saturated carbocycles. The van der Waals surface area contributed by atoms with Crippen molar-refractivity contribution in [2.24, 2.45) is 23.7 Å². The van der Waals surface area contributed by atoms with Gasteiger partial charge in [0.2, 0.25) is 0 Å². The SMILES string of the molecule is CC[C@H]1CCCC2C[C@H](CC)C(O)C2C1O. The maximum Gasteiger partial charge on any atom is 0.0623 e. The zero-order valence-electron chi connectivity index (χ0n) is 10.6. The standard InChI is InChI=1S/C14H26O2/c1-3-9-6-5-7-11-8-10(4-2)14(16)12(11)13(9)15/h9-16H,3-8H2,1-2H3/t9-,10-,11?,12?,13?,14?/m0/s1. The molecule has 0 aromatic heterocycles. The number of aliphatic hydroxyl groups excluding tert-OH is 2. The molecule has 0 aromatic rings. The molecule has 2 N–H and O–H groups in total. The molecule has 0 heterocycles. The van der Waals surface area contributed by atoms with Crippen molar-refractivity contribution < 1.29 is 10.2 Å². The Morgan fingerprint density at radius 3 is 2.19 bits per heavy atom. The minimum absolute atomic E-state index is 0.164. The number of hydrogen-bond donors (Lipinski definition) is 2. The molecule has 2 rings (SSSR count). The maximum absolute atomic E-state index is 10.4. The summed E-state index contributed by atoms with van der Waals surface area (Å²) in [5, 5.41) is 20.8. The monoisotopic (exact) mass is 226 g/mol. The Kier molecular flexibility index (Phi) is 3.91. The molecule has 2 heteroatoms. The van der Waals surface area contributed by atoms with Crippen molar-refractivity contribution in [3.63, 3.8) is 0 Å². The van der Waals surface area contributed by atoms with Gasteiger partial charge in [0, 0.05) is 5.92 Å². The summed E-state index contributed by atoms with van der Waals surface area (Å²) >= 11 is 0. The number of fused-ring (bicyclic) bond motifs is 1. The van der Waals surface area contributed by atoms with E-state index < -0.39 is 0 Å². The lowest BCUT2D eigenvalue weighted by molar-refractivity contribution is -0.0255. The molecule has 0 bridgehead atoms. The first-order chi connectivity index (χ1) is 7.69. The van der Waals surface area contributed by atoms with Crippen molar-refractivity contribution in [2.45, 2.75) is 64.6 Å². The van der Waals surface area contributed by atoms with Crippen molar-refractivity contribution in [3.8, 4) is 0 Å². The molecule has 2 aliphatic rings. The molecule has 0 amide bonds. The largest absolute Gasteiger partial charge is 0.392 e. The first-order valence-corrected chi connectivity index (χ1v) is 7.05. The molecule has 0 spiro atoms. The van der Waals surface area contributed by atoms with E-state index in [1.807, 2.05) is 0 Å². The van der Waals surface area contributed by atoms with Crippen molar-refractivity contribution in [1.29, 1.82) is 0 Å². The van der Waals surface area contributed by atoms with Gasteiger partial charge in [0.05, 0.1) is 12.2 Å². The minimum atomic E-state index is -0.260. The lowest BCUT2D eigenvalue weighted by Crippen LogP contribution is -2.37. The minimum Gasteiger partial charge on any atom is -0.392 e. The third-order valence-corrected chi connectivity index (χ3v) is 5.10. The van der Waals surface area contributed by atoms with Gasteiger partial charge in [0.15, 0.2) is 0 Å². The van der Waals surface area contributed by atoms with E-state index >= 15 is 0 Å². The summed E-state index contributed by atoms with van der Waals surface area (Å²) in [6.45, 7) is 4.32. The Labute approximate surface area is 99.1 Å². The van der Waals surface area contributed by atoms with Crippen molar-refractivity contribution in [3.05, 3.63) is 0 Å². The fraction of sp³-hybridized carbons (Fsp3) is 1.00. The second-order valence-corrected chi connectivity index (χ2v) is 5.82. The van der Waals surface area contributed by atoms with E-state index in [9.17, 15) is 10.2 Å². The lowest BCUT2D eigenvalue weighted by atomic mass is 9.83. The van der Waals surface area contributed by atoms with E-state index in [4.69, 9.17) is 0 Å². The highest BCUT2D eigenvalue weighted by Gasteiger charge is 2.47. The van der Waals surface area contributed by atoms with Crippen LogP contribution in [0.4, 0.5) is 0 Å². The van der Waals surface area contributed by atoms with E-state index in [-0.39, 0.29) is 18.1 Å². The number of rotatable bonds is 2. The molecule has 0 radical (unpaired) electrons. The van der Waals surface area contributed by atoms with Gasteiger partial charge in [-0.3, -0.25) is 0 Å². The van der Waals surface area contributed by atoms with Crippen LogP contribution in [0.5, 0.6) is 0 Å². The van der Waals surface area contributed by atoms with Crippen LogP contribution in [-0.4, -0.2) is 22.4 Å². The fourth-order valence-corrected chi connectivity index (χ4v) is 4.05. The summed E-state index contributed by atoms with van der Waals surface area (Å²) in [6, 6.07) is 0. The average Bonchev–Trinajstić information content (AvgIpc) is 2.50. The van der Waals surface area contributed by atoms with Gasteiger partial charge in [-0.1, -0.05) is 33.1 Å². The third-order valence-electron chi connectivity index (χ3n) is 5.10. The molecular weight excluding hydrogens is 200 g/mol. The predicted octanol–water partition coefficient (Wildman–Crippen LogP) is 2.58. The first-order valence-electron chi connectivity index (χ1n) is 7.05. The molecule has 0 aromatic carbocycles. The van der Waals surface area contributed by atoms with Crippen LogP contribution in [-0.2, 0) is 0 Å². The molecule has 2 nitrogen and oxygen atoms in total. The molecular formula is C14H26O2. The van der Waals surface area contributed by atoms with Crippen molar-refractivity contribution in [1.82, 2.24) is 0 Å². The zero-order chi connectivity index (χ0) is 11.7. The van der Waals surface area contributed by atoms with E-state index in [0.29, 0.717) is 17.8 Å². The van der Waals surface area contributed by atoms with Gasteiger partial charge in [0.1, 0.15) is 0 Å². The van der Waals surface area contributed by atoms with Crippen LogP contribution in [0.1, 0.15) is 52.4 Å². The van der Waals surface area contributed by atoms with E-state index in [0.717, 1.165) is 25.7 Å². The molecule has 94 valence electrons. The topological polar surface area (TPSA) is 40.5 Å². The van der Waals surface area contributed by atoms with Gasteiger partial charge in [0.25, 0.3) is 0 Å². The third kappa shape index (κ3) is 2.02. The van der Waals surface area contributed by atoms with Gasteiger partial charge in [-0.25, -0.2) is 0 Å². The quantitative estimate of drug-likeness (QED) is 0.760. The highest BCUT2D eigenvalue weighted by atomic mass is 16.3. The Morgan fingerprint density at radius 2 is 1.56 bits per heavy atom. The van der Waals surface area contributed by atoms with Crippen LogP contribution in [0, 0.1) is 23.7 Å². The Bertz CT molecular complexity index is 229. The molecule has 0 saturated heterocycles. The summed E-state index contributed by atoms with van der Waals surface area (Å²) in [7, 11) is 0. The molecule has 2 aliphatic carbocycles. The summed E-state index contributed by atoms with van der Waals surface area (Å²) in [5.74, 6) is 1.59. The van der Waals surface area contributed by atoms with Gasteiger partial charge < -0.3 is 10.2 Å². The van der Waals surface area contributed by atoms with E-state index in [1.54, 1.807) is 0 Å². The highest BCUT2D eigenvalue weighted by Crippen LogP contribution is 2.47. The van der Waals surface area contributed by atoms with Gasteiger partial charge in [-0.2, -0.15) is 0 Å². The van der Waals surface area contributed by atoms with Crippen LogP contribution < -0.4 is 0 Å². The normalized spacial score (nSPS) is 48.8. The van der Waals surface area contributed by atoms with Crippen LogP contribution in [0.15, 0.2) is 0 Å². The maximum atomic E-state index is 10.4. The van der Waals surface area contributed by atoms with Crippen LogP contribution in [0.25, 0.3) is 0 Å². The molecule has 6 atom stereocenters. The predicted molar refractivity (Wildman–Crippen MR) is 65.0 cm³/mol. The number of hydrogen-bond acceptors (Lipinski definition) is 2. The van der Waals surface area contributed by atoms with Crippen LogP contribution in [0.2, 0.25) is 0 Å². The van der Waals surface area contributed by atoms with Gasteiger partial charge in [-0.05, 0) is 37.0 Å². The summed E-state index contributed by atoms with van der Waals surface area (Å²) in [6.07, 6.45) is 6.32. The van der Waals surface area contributed by atoms with E-state index in [1.165, 1.54) is 12.8 Å². The zero-order valence-corrected chi connectivity index (χ0v) is 10.6.